The highest BCUT2D eigenvalue weighted by molar-refractivity contribution is 7.19. The Morgan fingerprint density at radius 2 is 2.00 bits per heavy atom. The Kier molecular flexibility index (Phi) is 5.36. The molecule has 0 spiro atoms. The second kappa shape index (κ2) is 7.45. The topological polar surface area (TPSA) is 121 Å². The number of carbonyl (C=O) groups excluding carboxylic acids is 2. The van der Waals surface area contributed by atoms with E-state index in [0.29, 0.717) is 6.54 Å². The third-order valence-corrected chi connectivity index (χ3v) is 3.65. The largest absolute Gasteiger partial charge is 0.506 e. The summed E-state index contributed by atoms with van der Waals surface area (Å²) in [7, 11) is 0. The van der Waals surface area contributed by atoms with Crippen molar-refractivity contribution >= 4 is 33.3 Å². The van der Waals surface area contributed by atoms with Gasteiger partial charge in [0.05, 0.1) is 17.3 Å². The molecule has 0 aliphatic rings. The molecule has 0 bridgehead atoms. The number of anilines is 1. The average molecular weight is 334 g/mol. The molecule has 1 aromatic carbocycles. The Hall–Kier alpha value is -2.81. The smallest absolute Gasteiger partial charge is 0.261 e. The van der Waals surface area contributed by atoms with E-state index in [4.69, 9.17) is 0 Å². The van der Waals surface area contributed by atoms with Crippen molar-refractivity contribution < 1.29 is 14.7 Å². The number of thiazole rings is 1. The quantitative estimate of drug-likeness (QED) is 0.701. The fourth-order valence-electron chi connectivity index (χ4n) is 1.77. The van der Waals surface area contributed by atoms with Gasteiger partial charge in [-0.1, -0.05) is 24.3 Å². The number of nitroso groups, excluding NO2 is 1. The highest BCUT2D eigenvalue weighted by atomic mass is 32.1. The molecule has 0 radical (unpaired) electrons. The van der Waals surface area contributed by atoms with Gasteiger partial charge in [0.15, 0.2) is 10.1 Å². The monoisotopic (exact) mass is 334 g/mol. The maximum atomic E-state index is 12.2. The van der Waals surface area contributed by atoms with Gasteiger partial charge in [0.2, 0.25) is 0 Å². The van der Waals surface area contributed by atoms with E-state index in [1.807, 2.05) is 6.92 Å². The summed E-state index contributed by atoms with van der Waals surface area (Å²) in [6, 6.07) is 4.30. The van der Waals surface area contributed by atoms with E-state index >= 15 is 0 Å². The van der Waals surface area contributed by atoms with Crippen LogP contribution < -0.4 is 10.6 Å². The van der Waals surface area contributed by atoms with Gasteiger partial charge in [-0.25, -0.2) is 4.98 Å². The zero-order chi connectivity index (χ0) is 16.8. The van der Waals surface area contributed by atoms with Gasteiger partial charge >= 0.3 is 0 Å². The van der Waals surface area contributed by atoms with Crippen LogP contribution in [0.1, 0.15) is 34.1 Å². The zero-order valence-corrected chi connectivity index (χ0v) is 13.0. The fraction of sp³-hybridized carbons (Fsp3) is 0.214. The lowest BCUT2D eigenvalue weighted by Gasteiger charge is -2.09. The summed E-state index contributed by atoms with van der Waals surface area (Å²) in [6.07, 6.45) is 1.98. The highest BCUT2D eigenvalue weighted by Crippen LogP contribution is 2.28. The van der Waals surface area contributed by atoms with E-state index in [-0.39, 0.29) is 21.3 Å². The minimum Gasteiger partial charge on any atom is -0.506 e. The van der Waals surface area contributed by atoms with E-state index in [9.17, 15) is 19.6 Å². The summed E-state index contributed by atoms with van der Waals surface area (Å²) >= 11 is 0.900. The van der Waals surface area contributed by atoms with Crippen LogP contribution in [0.4, 0.5) is 10.1 Å². The molecular weight excluding hydrogens is 320 g/mol. The van der Waals surface area contributed by atoms with Crippen LogP contribution in [-0.4, -0.2) is 28.4 Å². The first-order valence-corrected chi connectivity index (χ1v) is 7.59. The Labute approximate surface area is 135 Å². The van der Waals surface area contributed by atoms with Crippen molar-refractivity contribution in [2.45, 2.75) is 13.3 Å². The molecule has 1 heterocycles. The van der Waals surface area contributed by atoms with Crippen LogP contribution in [-0.2, 0) is 0 Å². The summed E-state index contributed by atoms with van der Waals surface area (Å²) in [4.78, 5) is 38.3. The SMILES string of the molecule is CCCNC(=O)c1cccc(C(=O)Nc2ncc(N=O)s2)c1O. The number of phenolic OH excluding ortho intramolecular Hbond substituents is 1. The number of nitrogens with zero attached hydrogens (tertiary/aromatic N) is 2. The standard InChI is InChI=1S/C14H14N4O4S/c1-2-6-15-12(20)8-4-3-5-9(11(8)19)13(21)17-14-16-7-10(18-22)23-14/h3-5,7,19H,2,6H2,1H3,(H,15,20)(H,16,17,21). The number of amides is 2. The van der Waals surface area contributed by atoms with Gasteiger partial charge in [-0.15, -0.1) is 4.91 Å². The van der Waals surface area contributed by atoms with Gasteiger partial charge in [-0.05, 0) is 23.7 Å². The van der Waals surface area contributed by atoms with Crippen LogP contribution in [0.5, 0.6) is 5.75 Å². The molecule has 0 saturated carbocycles. The Bertz CT molecular complexity index is 744. The van der Waals surface area contributed by atoms with Crippen molar-refractivity contribution in [2.24, 2.45) is 5.18 Å². The molecule has 8 nitrogen and oxygen atoms in total. The molecule has 0 aliphatic heterocycles. The summed E-state index contributed by atoms with van der Waals surface area (Å²) in [5, 5.41) is 18.2. The molecule has 23 heavy (non-hydrogen) atoms. The average Bonchev–Trinajstić information content (AvgIpc) is 3.00. The van der Waals surface area contributed by atoms with Gasteiger partial charge in [0, 0.05) is 6.54 Å². The van der Waals surface area contributed by atoms with Crippen molar-refractivity contribution in [1.82, 2.24) is 10.3 Å². The summed E-state index contributed by atoms with van der Waals surface area (Å²) in [5.41, 5.74) is -0.0505. The minimum absolute atomic E-state index is 0.0143. The van der Waals surface area contributed by atoms with Crippen LogP contribution in [0.2, 0.25) is 0 Å². The number of hydrogen-bond acceptors (Lipinski definition) is 7. The van der Waals surface area contributed by atoms with Crippen molar-refractivity contribution in [3.05, 3.63) is 40.4 Å². The van der Waals surface area contributed by atoms with Gasteiger partial charge in [0.1, 0.15) is 5.75 Å². The molecule has 0 unspecified atom stereocenters. The first kappa shape index (κ1) is 16.6. The predicted octanol–water partition coefficient (Wildman–Crippen LogP) is 2.64. The number of benzene rings is 1. The molecular formula is C14H14N4O4S. The van der Waals surface area contributed by atoms with E-state index in [2.05, 4.69) is 20.8 Å². The number of aromatic hydroxyl groups is 1. The summed E-state index contributed by atoms with van der Waals surface area (Å²) < 4.78 is 0. The Morgan fingerprint density at radius 3 is 2.61 bits per heavy atom. The Balaban J connectivity index is 2.20. The third-order valence-electron chi connectivity index (χ3n) is 2.86. The van der Waals surface area contributed by atoms with E-state index in [1.54, 1.807) is 0 Å². The second-order valence-electron chi connectivity index (χ2n) is 4.51. The lowest BCUT2D eigenvalue weighted by atomic mass is 10.1. The molecule has 2 aromatic rings. The summed E-state index contributed by atoms with van der Waals surface area (Å²) in [5.74, 6) is -1.51. The fourth-order valence-corrected chi connectivity index (χ4v) is 2.36. The molecule has 120 valence electrons. The number of phenols is 1. The maximum absolute atomic E-state index is 12.2. The number of nitrogens with one attached hydrogen (secondary N) is 2. The van der Waals surface area contributed by atoms with Crippen molar-refractivity contribution in [1.29, 1.82) is 0 Å². The molecule has 2 rings (SSSR count). The van der Waals surface area contributed by atoms with Crippen LogP contribution in [0, 0.1) is 4.91 Å². The number of para-hydroxylation sites is 1. The summed E-state index contributed by atoms with van der Waals surface area (Å²) in [6.45, 7) is 2.37. The predicted molar refractivity (Wildman–Crippen MR) is 86.3 cm³/mol. The van der Waals surface area contributed by atoms with Crippen molar-refractivity contribution in [3.63, 3.8) is 0 Å². The van der Waals surface area contributed by atoms with Gasteiger partial charge in [-0.2, -0.15) is 0 Å². The van der Waals surface area contributed by atoms with Crippen LogP contribution in [0.15, 0.2) is 29.6 Å². The van der Waals surface area contributed by atoms with Gasteiger partial charge < -0.3 is 10.4 Å². The molecule has 2 amide bonds. The van der Waals surface area contributed by atoms with Gasteiger partial charge in [0.25, 0.3) is 11.8 Å². The molecule has 0 saturated heterocycles. The number of rotatable bonds is 6. The molecule has 1 aromatic heterocycles. The van der Waals surface area contributed by atoms with E-state index in [0.717, 1.165) is 17.8 Å². The lowest BCUT2D eigenvalue weighted by Crippen LogP contribution is -2.24. The van der Waals surface area contributed by atoms with E-state index in [1.165, 1.54) is 24.4 Å². The molecule has 0 aliphatic carbocycles. The first-order chi connectivity index (χ1) is 11.1. The van der Waals surface area contributed by atoms with Crippen molar-refractivity contribution in [2.75, 3.05) is 11.9 Å². The Morgan fingerprint density at radius 1 is 1.30 bits per heavy atom. The third kappa shape index (κ3) is 3.89. The van der Waals surface area contributed by atoms with Gasteiger partial charge in [-0.3, -0.25) is 14.9 Å². The molecule has 3 N–H and O–H groups in total. The number of aromatic nitrogens is 1. The second-order valence-corrected chi connectivity index (χ2v) is 5.52. The molecule has 0 fully saturated rings. The lowest BCUT2D eigenvalue weighted by molar-refractivity contribution is 0.0951. The first-order valence-electron chi connectivity index (χ1n) is 6.77. The molecule has 9 heteroatoms. The van der Waals surface area contributed by atoms with Crippen molar-refractivity contribution in [3.8, 4) is 5.75 Å². The molecule has 0 atom stereocenters. The number of carbonyl (C=O) groups is 2. The maximum Gasteiger partial charge on any atom is 0.261 e. The zero-order valence-electron chi connectivity index (χ0n) is 12.2. The van der Waals surface area contributed by atoms with Crippen LogP contribution >= 0.6 is 11.3 Å². The van der Waals surface area contributed by atoms with E-state index < -0.39 is 17.6 Å². The normalized spacial score (nSPS) is 10.1. The highest BCUT2D eigenvalue weighted by Gasteiger charge is 2.19. The number of hydrogen-bond donors (Lipinski definition) is 3. The minimum atomic E-state index is -0.639. The van der Waals surface area contributed by atoms with Crippen LogP contribution in [0.25, 0.3) is 0 Å². The van der Waals surface area contributed by atoms with Crippen LogP contribution in [0.3, 0.4) is 0 Å².